The fourth-order valence-corrected chi connectivity index (χ4v) is 4.91. The maximum atomic E-state index is 13.1. The van der Waals surface area contributed by atoms with Crippen molar-refractivity contribution < 1.29 is 19.0 Å². The van der Waals surface area contributed by atoms with Crippen LogP contribution in [0.5, 0.6) is 17.2 Å². The highest BCUT2D eigenvalue weighted by Gasteiger charge is 2.29. The number of carbonyl (C=O) groups is 1. The van der Waals surface area contributed by atoms with Gasteiger partial charge in [-0.2, -0.15) is 0 Å². The molecule has 1 aliphatic carbocycles. The first-order chi connectivity index (χ1) is 16.5. The van der Waals surface area contributed by atoms with Crippen LogP contribution in [-0.4, -0.2) is 33.5 Å². The van der Waals surface area contributed by atoms with Crippen molar-refractivity contribution in [2.24, 2.45) is 0 Å². The molecule has 0 fully saturated rings. The Kier molecular flexibility index (Phi) is 7.12. The number of benzene rings is 2. The second-order valence-corrected chi connectivity index (χ2v) is 8.74. The minimum Gasteiger partial charge on any atom is -0.493 e. The maximum absolute atomic E-state index is 13.1. The molecule has 0 saturated heterocycles. The molecule has 3 aromatic carbocycles. The first-order valence-corrected chi connectivity index (χ1v) is 12.1. The van der Waals surface area contributed by atoms with Crippen molar-refractivity contribution in [3.8, 4) is 28.4 Å². The van der Waals surface area contributed by atoms with E-state index >= 15 is 0 Å². The van der Waals surface area contributed by atoms with Crippen LogP contribution in [-0.2, 0) is 6.42 Å². The zero-order chi connectivity index (χ0) is 24.2. The van der Waals surface area contributed by atoms with Crippen molar-refractivity contribution in [3.05, 3.63) is 81.5 Å². The first-order valence-electron chi connectivity index (χ1n) is 10.9. The lowest BCUT2D eigenvalue weighted by Crippen LogP contribution is -2.29. The summed E-state index contributed by atoms with van der Waals surface area (Å²) < 4.78 is 17.0. The van der Waals surface area contributed by atoms with Crippen LogP contribution in [0.25, 0.3) is 11.1 Å². The summed E-state index contributed by atoms with van der Waals surface area (Å²) in [7, 11) is 4.75. The van der Waals surface area contributed by atoms with Crippen LogP contribution in [0, 0.1) is 0 Å². The lowest BCUT2D eigenvalue weighted by Gasteiger charge is -2.20. The van der Waals surface area contributed by atoms with Gasteiger partial charge >= 0.3 is 0 Å². The second-order valence-electron chi connectivity index (χ2n) is 7.89. The van der Waals surface area contributed by atoms with E-state index in [2.05, 4.69) is 5.32 Å². The Morgan fingerprint density at radius 2 is 1.71 bits per heavy atom. The molecule has 34 heavy (non-hydrogen) atoms. The molecule has 6 nitrogen and oxygen atoms in total. The zero-order valence-electron chi connectivity index (χ0n) is 19.6. The molecule has 7 heteroatoms. The zero-order valence-corrected chi connectivity index (χ0v) is 20.5. The van der Waals surface area contributed by atoms with Gasteiger partial charge in [-0.05, 0) is 66.1 Å². The van der Waals surface area contributed by atoms with Gasteiger partial charge in [0.1, 0.15) is 0 Å². The van der Waals surface area contributed by atoms with Gasteiger partial charge in [0.2, 0.25) is 5.75 Å². The van der Waals surface area contributed by atoms with Gasteiger partial charge in [0.05, 0.1) is 32.3 Å². The minimum atomic E-state index is -0.369. The Morgan fingerprint density at radius 3 is 2.35 bits per heavy atom. The van der Waals surface area contributed by atoms with Gasteiger partial charge < -0.3 is 19.5 Å². The average molecular weight is 478 g/mol. The highest BCUT2D eigenvalue weighted by atomic mass is 32.2. The standard InChI is InChI=1S/C27H27NO5S/c1-31-22-14-17-10-12-20(28-27(30)16-8-6-5-7-9-16)19-15-21(29)23(34-4)13-11-18(19)24(17)26(33-3)25(22)32-2/h5-9,11,13-15,20H,10,12H2,1-4H3,(H,28,30)/t20-/m1/s1. The van der Waals surface area contributed by atoms with Gasteiger partial charge in [-0.1, -0.05) is 24.3 Å². The largest absolute Gasteiger partial charge is 0.493 e. The van der Waals surface area contributed by atoms with E-state index in [0.717, 1.165) is 22.3 Å². The Morgan fingerprint density at radius 1 is 0.971 bits per heavy atom. The number of ether oxygens (including phenoxy) is 3. The molecule has 176 valence electrons. The van der Waals surface area contributed by atoms with Crippen LogP contribution in [0.1, 0.15) is 33.9 Å². The van der Waals surface area contributed by atoms with E-state index in [1.165, 1.54) is 11.8 Å². The SMILES string of the molecule is COc1cc2c(c(OC)c1OC)-c1ccc(SC)c(=O)cc1[C@H](NC(=O)c1ccccc1)CC2. The molecular formula is C27H27NO5S. The van der Waals surface area contributed by atoms with Gasteiger partial charge in [0.15, 0.2) is 16.9 Å². The number of carbonyl (C=O) groups excluding carboxylic acids is 1. The summed E-state index contributed by atoms with van der Waals surface area (Å²) in [6.45, 7) is 0. The lowest BCUT2D eigenvalue weighted by molar-refractivity contribution is 0.0935. The molecule has 0 bridgehead atoms. The minimum absolute atomic E-state index is 0.0874. The van der Waals surface area contributed by atoms with Gasteiger partial charge in [0, 0.05) is 11.1 Å². The van der Waals surface area contributed by atoms with Crippen molar-refractivity contribution >= 4 is 17.7 Å². The van der Waals surface area contributed by atoms with Crippen molar-refractivity contribution in [2.45, 2.75) is 23.8 Å². The molecule has 1 aliphatic rings. The second kappa shape index (κ2) is 10.2. The van der Waals surface area contributed by atoms with Crippen molar-refractivity contribution in [3.63, 3.8) is 0 Å². The molecule has 0 aromatic heterocycles. The van der Waals surface area contributed by atoms with Gasteiger partial charge in [-0.25, -0.2) is 0 Å². The Balaban J connectivity index is 1.95. The lowest BCUT2D eigenvalue weighted by atomic mass is 9.95. The van der Waals surface area contributed by atoms with Crippen LogP contribution < -0.4 is 25.0 Å². The summed E-state index contributed by atoms with van der Waals surface area (Å²) >= 11 is 1.39. The first kappa shape index (κ1) is 23.7. The summed E-state index contributed by atoms with van der Waals surface area (Å²) in [4.78, 5) is 26.7. The Labute approximate surface area is 203 Å². The molecule has 0 spiro atoms. The third kappa shape index (κ3) is 4.35. The number of aryl methyl sites for hydroxylation is 1. The summed E-state index contributed by atoms with van der Waals surface area (Å²) in [5.74, 6) is 1.41. The molecule has 0 aliphatic heterocycles. The van der Waals surface area contributed by atoms with E-state index in [0.29, 0.717) is 40.5 Å². The van der Waals surface area contributed by atoms with E-state index in [9.17, 15) is 9.59 Å². The number of nitrogens with one attached hydrogen (secondary N) is 1. The average Bonchev–Trinajstić information content (AvgIpc) is 3.11. The predicted octanol–water partition coefficient (Wildman–Crippen LogP) is 4.88. The number of hydrogen-bond donors (Lipinski definition) is 1. The van der Waals surface area contributed by atoms with Crippen LogP contribution in [0.2, 0.25) is 0 Å². The van der Waals surface area contributed by atoms with E-state index in [1.807, 2.05) is 42.7 Å². The van der Waals surface area contributed by atoms with Gasteiger partial charge in [-0.3, -0.25) is 9.59 Å². The van der Waals surface area contributed by atoms with E-state index < -0.39 is 0 Å². The normalized spacial score (nSPS) is 14.3. The highest BCUT2D eigenvalue weighted by Crippen LogP contribution is 2.50. The number of rotatable bonds is 6. The third-order valence-electron chi connectivity index (χ3n) is 6.06. The molecule has 3 aromatic rings. The summed E-state index contributed by atoms with van der Waals surface area (Å²) in [6.07, 6.45) is 3.13. The Bertz CT molecular complexity index is 1280. The van der Waals surface area contributed by atoms with E-state index in [4.69, 9.17) is 14.2 Å². The molecular weight excluding hydrogens is 450 g/mol. The van der Waals surface area contributed by atoms with Crippen molar-refractivity contribution in [2.75, 3.05) is 27.6 Å². The topological polar surface area (TPSA) is 73.9 Å². The number of methoxy groups -OCH3 is 3. The molecule has 1 amide bonds. The summed E-state index contributed by atoms with van der Waals surface area (Å²) in [5, 5.41) is 3.15. The van der Waals surface area contributed by atoms with Crippen molar-refractivity contribution in [1.29, 1.82) is 0 Å². The van der Waals surface area contributed by atoms with Crippen LogP contribution in [0.4, 0.5) is 0 Å². The fourth-order valence-electron chi connectivity index (χ4n) is 4.45. The molecule has 0 saturated carbocycles. The molecule has 1 N–H and O–H groups in total. The molecule has 0 heterocycles. The van der Waals surface area contributed by atoms with Crippen LogP contribution in [0.15, 0.2) is 64.3 Å². The van der Waals surface area contributed by atoms with E-state index in [1.54, 1.807) is 39.5 Å². The van der Waals surface area contributed by atoms with Gasteiger partial charge in [0.25, 0.3) is 5.91 Å². The number of amides is 1. The monoisotopic (exact) mass is 477 g/mol. The molecule has 0 radical (unpaired) electrons. The predicted molar refractivity (Wildman–Crippen MR) is 135 cm³/mol. The maximum Gasteiger partial charge on any atom is 0.251 e. The van der Waals surface area contributed by atoms with Gasteiger partial charge in [-0.15, -0.1) is 11.8 Å². The third-order valence-corrected chi connectivity index (χ3v) is 6.84. The van der Waals surface area contributed by atoms with Crippen LogP contribution >= 0.6 is 11.8 Å². The number of thioether (sulfide) groups is 1. The highest BCUT2D eigenvalue weighted by molar-refractivity contribution is 7.98. The quantitative estimate of drug-likeness (QED) is 0.510. The summed E-state index contributed by atoms with van der Waals surface area (Å²) in [6, 6.07) is 16.1. The summed E-state index contributed by atoms with van der Waals surface area (Å²) in [5.41, 5.74) is 3.89. The van der Waals surface area contributed by atoms with E-state index in [-0.39, 0.29) is 17.4 Å². The van der Waals surface area contributed by atoms with Crippen molar-refractivity contribution in [1.82, 2.24) is 5.32 Å². The molecule has 4 rings (SSSR count). The molecule has 1 atom stereocenters. The van der Waals surface area contributed by atoms with Crippen LogP contribution in [0.3, 0.4) is 0 Å². The number of hydrogen-bond acceptors (Lipinski definition) is 6. The fraction of sp³-hybridized carbons (Fsp3) is 0.259. The molecule has 0 unspecified atom stereocenters. The smallest absolute Gasteiger partial charge is 0.251 e. The number of fused-ring (bicyclic) bond motifs is 3. The Hall–Kier alpha value is -3.45.